The first kappa shape index (κ1) is 14.0. The maximum Gasteiger partial charge on any atom is 0.573 e. The summed E-state index contributed by atoms with van der Waals surface area (Å²) in [5.41, 5.74) is 0.950. The number of hydrogen-bond acceptors (Lipinski definition) is 2. The Kier molecular flexibility index (Phi) is 3.98. The molecule has 0 N–H and O–H groups in total. The minimum Gasteiger partial charge on any atom is -0.457 e. The van der Waals surface area contributed by atoms with Crippen LogP contribution in [-0.2, 0) is 0 Å². The maximum atomic E-state index is 12.0. The second-order valence-electron chi connectivity index (χ2n) is 3.89. The number of hydrogen-bond donors (Lipinski definition) is 0. The highest BCUT2D eigenvalue weighted by Gasteiger charge is 2.30. The van der Waals surface area contributed by atoms with Gasteiger partial charge in [-0.1, -0.05) is 24.8 Å². The first-order valence-corrected chi connectivity index (χ1v) is 5.72. The second kappa shape index (κ2) is 5.69. The van der Waals surface area contributed by atoms with E-state index in [-0.39, 0.29) is 5.75 Å². The summed E-state index contributed by atoms with van der Waals surface area (Å²) in [5, 5.41) is 0. The van der Waals surface area contributed by atoms with Crippen LogP contribution < -0.4 is 9.47 Å². The van der Waals surface area contributed by atoms with Crippen molar-refractivity contribution in [1.82, 2.24) is 0 Å². The molecule has 5 heteroatoms. The smallest absolute Gasteiger partial charge is 0.457 e. The Morgan fingerprint density at radius 3 is 1.70 bits per heavy atom. The van der Waals surface area contributed by atoms with Crippen molar-refractivity contribution < 1.29 is 22.6 Å². The standard InChI is InChI=1S/C15H11F3O2/c1-2-11-3-5-12(6-4-11)19-13-7-9-14(10-8-13)20-15(16,17)18/h2-10H,1H2. The van der Waals surface area contributed by atoms with Gasteiger partial charge in [0.2, 0.25) is 0 Å². The lowest BCUT2D eigenvalue weighted by Crippen LogP contribution is -2.16. The van der Waals surface area contributed by atoms with E-state index in [1.54, 1.807) is 18.2 Å². The minimum atomic E-state index is -4.69. The zero-order valence-corrected chi connectivity index (χ0v) is 10.4. The summed E-state index contributed by atoms with van der Waals surface area (Å²) in [5.74, 6) is 0.720. The van der Waals surface area contributed by atoms with Gasteiger partial charge in [0.1, 0.15) is 17.2 Å². The van der Waals surface area contributed by atoms with E-state index in [1.165, 1.54) is 24.3 Å². The molecule has 0 heterocycles. The molecule has 0 aliphatic carbocycles. The van der Waals surface area contributed by atoms with Crippen molar-refractivity contribution >= 4 is 6.08 Å². The van der Waals surface area contributed by atoms with Crippen LogP contribution in [0.5, 0.6) is 17.2 Å². The number of benzene rings is 2. The van der Waals surface area contributed by atoms with E-state index in [9.17, 15) is 13.2 Å². The van der Waals surface area contributed by atoms with Crippen molar-refractivity contribution in [3.8, 4) is 17.2 Å². The number of halogens is 3. The van der Waals surface area contributed by atoms with Crippen LogP contribution in [0.3, 0.4) is 0 Å². The van der Waals surface area contributed by atoms with Crippen LogP contribution in [-0.4, -0.2) is 6.36 Å². The van der Waals surface area contributed by atoms with Gasteiger partial charge in [-0.25, -0.2) is 0 Å². The number of ether oxygens (including phenoxy) is 2. The first-order chi connectivity index (χ1) is 9.46. The fourth-order valence-electron chi connectivity index (χ4n) is 1.52. The summed E-state index contributed by atoms with van der Waals surface area (Å²) >= 11 is 0. The van der Waals surface area contributed by atoms with Gasteiger partial charge in [-0.3, -0.25) is 0 Å². The average molecular weight is 280 g/mol. The zero-order valence-electron chi connectivity index (χ0n) is 10.4. The zero-order chi connectivity index (χ0) is 14.6. The third-order valence-corrected chi connectivity index (χ3v) is 2.41. The van der Waals surface area contributed by atoms with E-state index >= 15 is 0 Å². The molecule has 0 amide bonds. The van der Waals surface area contributed by atoms with Crippen molar-refractivity contribution in [3.05, 3.63) is 60.7 Å². The van der Waals surface area contributed by atoms with E-state index < -0.39 is 6.36 Å². The number of rotatable bonds is 4. The normalized spacial score (nSPS) is 10.9. The van der Waals surface area contributed by atoms with Crippen LogP contribution in [0.15, 0.2) is 55.1 Å². The van der Waals surface area contributed by atoms with E-state index in [2.05, 4.69) is 11.3 Å². The lowest BCUT2D eigenvalue weighted by atomic mass is 10.2. The largest absolute Gasteiger partial charge is 0.573 e. The topological polar surface area (TPSA) is 18.5 Å². The maximum absolute atomic E-state index is 12.0. The average Bonchev–Trinajstić information content (AvgIpc) is 2.40. The Hall–Kier alpha value is -2.43. The monoisotopic (exact) mass is 280 g/mol. The summed E-state index contributed by atoms with van der Waals surface area (Å²) in [7, 11) is 0. The molecule has 0 unspecified atom stereocenters. The van der Waals surface area contributed by atoms with Gasteiger partial charge in [0.05, 0.1) is 0 Å². The quantitative estimate of drug-likeness (QED) is 0.782. The van der Waals surface area contributed by atoms with Crippen molar-refractivity contribution in [1.29, 1.82) is 0 Å². The molecule has 0 atom stereocenters. The van der Waals surface area contributed by atoms with Gasteiger partial charge in [-0.05, 0) is 42.0 Å². The van der Waals surface area contributed by atoms with Crippen molar-refractivity contribution in [2.24, 2.45) is 0 Å². The van der Waals surface area contributed by atoms with Crippen LogP contribution in [0.1, 0.15) is 5.56 Å². The molecule has 0 bridgehead atoms. The molecule has 20 heavy (non-hydrogen) atoms. The van der Waals surface area contributed by atoms with Gasteiger partial charge < -0.3 is 9.47 Å². The van der Waals surface area contributed by atoms with Crippen LogP contribution >= 0.6 is 0 Å². The first-order valence-electron chi connectivity index (χ1n) is 5.72. The molecule has 2 aromatic carbocycles. The highest BCUT2D eigenvalue weighted by molar-refractivity contribution is 5.48. The molecular formula is C15H11F3O2. The summed E-state index contributed by atoms with van der Waals surface area (Å²) in [6, 6.07) is 12.3. The Morgan fingerprint density at radius 1 is 0.800 bits per heavy atom. The van der Waals surface area contributed by atoms with E-state index in [1.807, 2.05) is 12.1 Å². The van der Waals surface area contributed by atoms with Crippen molar-refractivity contribution in [2.75, 3.05) is 0 Å². The summed E-state index contributed by atoms with van der Waals surface area (Å²) in [6.07, 6.45) is -2.99. The third kappa shape index (κ3) is 4.05. The molecule has 0 fully saturated rings. The van der Waals surface area contributed by atoms with Gasteiger partial charge in [-0.15, -0.1) is 13.2 Å². The Bertz CT molecular complexity index is 572. The van der Waals surface area contributed by atoms with Gasteiger partial charge in [0.25, 0.3) is 0 Å². The Morgan fingerprint density at radius 2 is 1.25 bits per heavy atom. The van der Waals surface area contributed by atoms with Crippen LogP contribution in [0.4, 0.5) is 13.2 Å². The predicted octanol–water partition coefficient (Wildman–Crippen LogP) is 5.02. The number of alkyl halides is 3. The minimum absolute atomic E-state index is 0.285. The van der Waals surface area contributed by atoms with Gasteiger partial charge >= 0.3 is 6.36 Å². The van der Waals surface area contributed by atoms with Crippen molar-refractivity contribution in [2.45, 2.75) is 6.36 Å². The van der Waals surface area contributed by atoms with Gasteiger partial charge in [-0.2, -0.15) is 0 Å². The fraction of sp³-hybridized carbons (Fsp3) is 0.0667. The molecule has 0 saturated carbocycles. The lowest BCUT2D eigenvalue weighted by Gasteiger charge is -2.10. The van der Waals surface area contributed by atoms with E-state index in [0.717, 1.165) is 5.56 Å². The molecule has 104 valence electrons. The van der Waals surface area contributed by atoms with Gasteiger partial charge in [0, 0.05) is 0 Å². The summed E-state index contributed by atoms with van der Waals surface area (Å²) < 4.78 is 45.3. The van der Waals surface area contributed by atoms with Crippen LogP contribution in [0.25, 0.3) is 6.08 Å². The van der Waals surface area contributed by atoms with Crippen molar-refractivity contribution in [3.63, 3.8) is 0 Å². The molecule has 0 aliphatic heterocycles. The van der Waals surface area contributed by atoms with Gasteiger partial charge in [0.15, 0.2) is 0 Å². The molecule has 2 aromatic rings. The third-order valence-electron chi connectivity index (χ3n) is 2.41. The van der Waals surface area contributed by atoms with E-state index in [0.29, 0.717) is 11.5 Å². The molecule has 0 aromatic heterocycles. The molecule has 2 nitrogen and oxygen atoms in total. The fourth-order valence-corrected chi connectivity index (χ4v) is 1.52. The Balaban J connectivity index is 2.04. The highest BCUT2D eigenvalue weighted by atomic mass is 19.4. The van der Waals surface area contributed by atoms with Crippen LogP contribution in [0, 0.1) is 0 Å². The molecule has 0 aliphatic rings. The highest BCUT2D eigenvalue weighted by Crippen LogP contribution is 2.27. The Labute approximate surface area is 114 Å². The molecule has 0 radical (unpaired) electrons. The van der Waals surface area contributed by atoms with E-state index in [4.69, 9.17) is 4.74 Å². The molecular weight excluding hydrogens is 269 g/mol. The second-order valence-corrected chi connectivity index (χ2v) is 3.89. The molecule has 2 rings (SSSR count). The SMILES string of the molecule is C=Cc1ccc(Oc2ccc(OC(F)(F)F)cc2)cc1. The van der Waals surface area contributed by atoms with Crippen LogP contribution in [0.2, 0.25) is 0 Å². The molecule has 0 saturated heterocycles. The lowest BCUT2D eigenvalue weighted by molar-refractivity contribution is -0.274. The molecule has 0 spiro atoms. The predicted molar refractivity (Wildman–Crippen MR) is 69.7 cm³/mol. The summed E-state index contributed by atoms with van der Waals surface area (Å²) in [4.78, 5) is 0. The summed E-state index contributed by atoms with van der Waals surface area (Å²) in [6.45, 7) is 3.64.